The molecule has 1 N–H and O–H groups in total. The van der Waals surface area contributed by atoms with Crippen LogP contribution in [0.25, 0.3) is 10.9 Å². The van der Waals surface area contributed by atoms with Crippen LogP contribution in [0.15, 0.2) is 54.6 Å². The van der Waals surface area contributed by atoms with Crippen molar-refractivity contribution in [1.29, 1.82) is 0 Å². The highest BCUT2D eigenvalue weighted by Gasteiger charge is 2.10. The minimum atomic E-state index is -0.301. The third kappa shape index (κ3) is 2.86. The van der Waals surface area contributed by atoms with Crippen LogP contribution in [-0.4, -0.2) is 10.5 Å². The largest absolute Gasteiger partial charge is 0.350 e. The Morgan fingerprint density at radius 2 is 1.86 bits per heavy atom. The first-order valence-electron chi connectivity index (χ1n) is 7.20. The molecule has 2 aromatic carbocycles. The molecular weight excluding hydrogens is 279 g/mol. The molecular formula is C18H17FN2O. The lowest BCUT2D eigenvalue weighted by molar-refractivity contribution is -0.121. The van der Waals surface area contributed by atoms with Gasteiger partial charge in [0, 0.05) is 23.3 Å². The summed E-state index contributed by atoms with van der Waals surface area (Å²) < 4.78 is 15.5. The molecule has 1 heterocycles. The van der Waals surface area contributed by atoms with Crippen molar-refractivity contribution in [2.45, 2.75) is 20.0 Å². The zero-order chi connectivity index (χ0) is 15.5. The molecule has 3 nitrogen and oxygen atoms in total. The van der Waals surface area contributed by atoms with E-state index in [1.54, 1.807) is 18.2 Å². The van der Waals surface area contributed by atoms with Crippen molar-refractivity contribution in [2.75, 3.05) is 0 Å². The number of carbonyl (C=O) groups is 1. The number of halogens is 1. The van der Waals surface area contributed by atoms with Gasteiger partial charge in [0.25, 0.3) is 0 Å². The van der Waals surface area contributed by atoms with Crippen LogP contribution in [0.5, 0.6) is 0 Å². The van der Waals surface area contributed by atoms with E-state index in [9.17, 15) is 9.18 Å². The SMILES string of the molecule is Cc1cc2ccccc2n1CC(=O)NCc1ccccc1F. The van der Waals surface area contributed by atoms with Crippen molar-refractivity contribution in [3.8, 4) is 0 Å². The van der Waals surface area contributed by atoms with Gasteiger partial charge in [0.1, 0.15) is 12.4 Å². The molecule has 0 saturated heterocycles. The second kappa shape index (κ2) is 6.02. The minimum Gasteiger partial charge on any atom is -0.350 e. The van der Waals surface area contributed by atoms with E-state index in [-0.39, 0.29) is 24.8 Å². The second-order valence-electron chi connectivity index (χ2n) is 5.30. The van der Waals surface area contributed by atoms with E-state index in [0.29, 0.717) is 5.56 Å². The highest BCUT2D eigenvalue weighted by atomic mass is 19.1. The highest BCUT2D eigenvalue weighted by molar-refractivity contribution is 5.84. The van der Waals surface area contributed by atoms with Gasteiger partial charge in [-0.25, -0.2) is 4.39 Å². The average molecular weight is 296 g/mol. The summed E-state index contributed by atoms with van der Waals surface area (Å²) in [5, 5.41) is 3.88. The lowest BCUT2D eigenvalue weighted by atomic mass is 10.2. The van der Waals surface area contributed by atoms with E-state index in [0.717, 1.165) is 16.6 Å². The first-order chi connectivity index (χ1) is 10.6. The molecule has 0 aliphatic heterocycles. The van der Waals surface area contributed by atoms with Crippen molar-refractivity contribution in [3.63, 3.8) is 0 Å². The summed E-state index contributed by atoms with van der Waals surface area (Å²) in [5.74, 6) is -0.432. The number of carbonyl (C=O) groups excluding carboxylic acids is 1. The Labute approximate surface area is 128 Å². The Morgan fingerprint density at radius 3 is 2.68 bits per heavy atom. The number of benzene rings is 2. The standard InChI is InChI=1S/C18H17FN2O/c1-13-10-14-6-3-5-9-17(14)21(13)12-18(22)20-11-15-7-2-4-8-16(15)19/h2-10H,11-12H2,1H3,(H,20,22). The molecule has 1 amide bonds. The number of hydrogen-bond donors (Lipinski definition) is 1. The maximum absolute atomic E-state index is 13.5. The van der Waals surface area contributed by atoms with Gasteiger partial charge in [-0.15, -0.1) is 0 Å². The number of rotatable bonds is 4. The number of hydrogen-bond acceptors (Lipinski definition) is 1. The van der Waals surface area contributed by atoms with E-state index in [1.165, 1.54) is 6.07 Å². The smallest absolute Gasteiger partial charge is 0.240 e. The normalized spacial score (nSPS) is 10.8. The van der Waals surface area contributed by atoms with Crippen LogP contribution in [0.1, 0.15) is 11.3 Å². The third-order valence-electron chi connectivity index (χ3n) is 3.75. The zero-order valence-corrected chi connectivity index (χ0v) is 12.3. The lowest BCUT2D eigenvalue weighted by Gasteiger charge is -2.10. The van der Waals surface area contributed by atoms with Crippen LogP contribution >= 0.6 is 0 Å². The van der Waals surface area contributed by atoms with Crippen LogP contribution in [0.4, 0.5) is 4.39 Å². The summed E-state index contributed by atoms with van der Waals surface area (Å²) in [5.41, 5.74) is 2.55. The summed E-state index contributed by atoms with van der Waals surface area (Å²) in [6, 6.07) is 16.5. The van der Waals surface area contributed by atoms with E-state index < -0.39 is 0 Å². The Balaban J connectivity index is 1.71. The van der Waals surface area contributed by atoms with Gasteiger partial charge in [-0.2, -0.15) is 0 Å². The van der Waals surface area contributed by atoms with Crippen LogP contribution in [0.2, 0.25) is 0 Å². The molecule has 0 atom stereocenters. The topological polar surface area (TPSA) is 34.0 Å². The molecule has 0 saturated carbocycles. The summed E-state index contributed by atoms with van der Waals surface area (Å²) >= 11 is 0. The fourth-order valence-electron chi connectivity index (χ4n) is 2.59. The number of para-hydroxylation sites is 1. The fraction of sp³-hybridized carbons (Fsp3) is 0.167. The van der Waals surface area contributed by atoms with E-state index in [2.05, 4.69) is 11.4 Å². The molecule has 1 aromatic heterocycles. The first kappa shape index (κ1) is 14.3. The first-order valence-corrected chi connectivity index (χ1v) is 7.20. The van der Waals surface area contributed by atoms with Crippen LogP contribution < -0.4 is 5.32 Å². The van der Waals surface area contributed by atoms with E-state index in [1.807, 2.05) is 35.8 Å². The monoisotopic (exact) mass is 296 g/mol. The summed E-state index contributed by atoms with van der Waals surface area (Å²) in [4.78, 5) is 12.1. The second-order valence-corrected chi connectivity index (χ2v) is 5.30. The molecule has 112 valence electrons. The average Bonchev–Trinajstić information content (AvgIpc) is 2.83. The van der Waals surface area contributed by atoms with Crippen LogP contribution in [0.3, 0.4) is 0 Å². The quantitative estimate of drug-likeness (QED) is 0.786. The molecule has 0 aliphatic carbocycles. The molecule has 0 aliphatic rings. The zero-order valence-electron chi connectivity index (χ0n) is 12.3. The van der Waals surface area contributed by atoms with Gasteiger partial charge in [0.05, 0.1) is 0 Å². The van der Waals surface area contributed by atoms with Crippen molar-refractivity contribution < 1.29 is 9.18 Å². The van der Waals surface area contributed by atoms with Crippen molar-refractivity contribution >= 4 is 16.8 Å². The molecule has 3 rings (SSSR count). The van der Waals surface area contributed by atoms with Gasteiger partial charge >= 0.3 is 0 Å². The third-order valence-corrected chi connectivity index (χ3v) is 3.75. The Morgan fingerprint density at radius 1 is 1.14 bits per heavy atom. The van der Waals surface area contributed by atoms with E-state index in [4.69, 9.17) is 0 Å². The molecule has 0 radical (unpaired) electrons. The summed E-state index contributed by atoms with van der Waals surface area (Å²) in [7, 11) is 0. The minimum absolute atomic E-state index is 0.132. The van der Waals surface area contributed by atoms with Gasteiger partial charge in [0.15, 0.2) is 0 Å². The van der Waals surface area contributed by atoms with Crippen molar-refractivity contribution in [2.24, 2.45) is 0 Å². The van der Waals surface area contributed by atoms with Gasteiger partial charge in [-0.3, -0.25) is 4.79 Å². The maximum atomic E-state index is 13.5. The molecule has 0 spiro atoms. The fourth-order valence-corrected chi connectivity index (χ4v) is 2.59. The Kier molecular flexibility index (Phi) is 3.92. The Hall–Kier alpha value is -2.62. The number of amides is 1. The van der Waals surface area contributed by atoms with Crippen LogP contribution in [-0.2, 0) is 17.9 Å². The number of aryl methyl sites for hydroxylation is 1. The molecule has 3 aromatic rings. The molecule has 0 fully saturated rings. The number of nitrogens with one attached hydrogen (secondary N) is 1. The van der Waals surface area contributed by atoms with Crippen molar-refractivity contribution in [3.05, 3.63) is 71.7 Å². The van der Waals surface area contributed by atoms with Crippen molar-refractivity contribution in [1.82, 2.24) is 9.88 Å². The molecule has 22 heavy (non-hydrogen) atoms. The highest BCUT2D eigenvalue weighted by Crippen LogP contribution is 2.18. The van der Waals surface area contributed by atoms with Gasteiger partial charge < -0.3 is 9.88 Å². The van der Waals surface area contributed by atoms with Gasteiger partial charge in [0.2, 0.25) is 5.91 Å². The number of nitrogens with zero attached hydrogens (tertiary/aromatic N) is 1. The van der Waals surface area contributed by atoms with E-state index >= 15 is 0 Å². The lowest BCUT2D eigenvalue weighted by Crippen LogP contribution is -2.27. The molecule has 4 heteroatoms. The Bertz CT molecular complexity index is 823. The van der Waals surface area contributed by atoms with Gasteiger partial charge in [-0.1, -0.05) is 36.4 Å². The predicted molar refractivity (Wildman–Crippen MR) is 84.9 cm³/mol. The maximum Gasteiger partial charge on any atom is 0.240 e. The summed E-state index contributed by atoms with van der Waals surface area (Å²) in [6.07, 6.45) is 0. The predicted octanol–water partition coefficient (Wildman–Crippen LogP) is 3.41. The number of aromatic nitrogens is 1. The van der Waals surface area contributed by atoms with Crippen LogP contribution in [0, 0.1) is 12.7 Å². The van der Waals surface area contributed by atoms with Gasteiger partial charge in [-0.05, 0) is 30.5 Å². The number of fused-ring (bicyclic) bond motifs is 1. The summed E-state index contributed by atoms with van der Waals surface area (Å²) in [6.45, 7) is 2.40. The molecule has 0 unspecified atom stereocenters. The molecule has 0 bridgehead atoms.